The molecule has 0 spiro atoms. The predicted octanol–water partition coefficient (Wildman–Crippen LogP) is 1.46. The van der Waals surface area contributed by atoms with Gasteiger partial charge in [0.15, 0.2) is 5.90 Å². The van der Waals surface area contributed by atoms with Gasteiger partial charge in [0.25, 0.3) is 0 Å². The first kappa shape index (κ1) is 13.3. The van der Waals surface area contributed by atoms with Gasteiger partial charge in [0.1, 0.15) is 11.0 Å². The van der Waals surface area contributed by atoms with E-state index in [1.807, 2.05) is 19.9 Å². The van der Waals surface area contributed by atoms with Gasteiger partial charge in [-0.25, -0.2) is 9.98 Å². The Labute approximate surface area is 128 Å². The summed E-state index contributed by atoms with van der Waals surface area (Å²) in [5.74, 6) is 0.519. The van der Waals surface area contributed by atoms with E-state index < -0.39 is 16.5 Å². The summed E-state index contributed by atoms with van der Waals surface area (Å²) in [6, 6.07) is 4.72. The third kappa shape index (κ3) is 0.982. The van der Waals surface area contributed by atoms with E-state index in [4.69, 9.17) is 19.5 Å². The summed E-state index contributed by atoms with van der Waals surface area (Å²) < 4.78 is 11.0. The van der Waals surface area contributed by atoms with Gasteiger partial charge in [0.05, 0.1) is 43.4 Å². The molecule has 5 rings (SSSR count). The van der Waals surface area contributed by atoms with Crippen molar-refractivity contribution in [3.05, 3.63) is 11.6 Å². The Balaban J connectivity index is 2.09. The number of aliphatic imine (C=N–C) groups is 2. The quantitative estimate of drug-likeness (QED) is 0.676. The number of rotatable bonds is 0. The molecule has 0 N–H and O–H groups in total. The second-order valence-electron chi connectivity index (χ2n) is 6.75. The lowest BCUT2D eigenvalue weighted by molar-refractivity contribution is -0.0484. The topological polar surface area (TPSA) is 90.8 Å². The maximum atomic E-state index is 9.96. The van der Waals surface area contributed by atoms with E-state index in [2.05, 4.69) is 12.1 Å². The number of hydrogen-bond donors (Lipinski definition) is 0. The largest absolute Gasteiger partial charge is 0.484 e. The first-order valence-corrected chi connectivity index (χ1v) is 7.25. The molecule has 2 unspecified atom stereocenters. The lowest BCUT2D eigenvalue weighted by Crippen LogP contribution is -2.72. The second-order valence-corrected chi connectivity index (χ2v) is 6.75. The van der Waals surface area contributed by atoms with Gasteiger partial charge < -0.3 is 9.47 Å². The molecular formula is C16H16N4O2. The zero-order valence-corrected chi connectivity index (χ0v) is 12.9. The van der Waals surface area contributed by atoms with Gasteiger partial charge in [-0.2, -0.15) is 10.5 Å². The number of methoxy groups -OCH3 is 2. The smallest absolute Gasteiger partial charge is 0.206 e. The van der Waals surface area contributed by atoms with E-state index in [0.717, 1.165) is 0 Å². The van der Waals surface area contributed by atoms with Gasteiger partial charge in [-0.15, -0.1) is 0 Å². The molecule has 3 aliphatic heterocycles. The van der Waals surface area contributed by atoms with E-state index in [1.54, 1.807) is 7.11 Å². The average Bonchev–Trinajstić information content (AvgIpc) is 2.65. The summed E-state index contributed by atoms with van der Waals surface area (Å²) in [6.45, 7) is 3.95. The van der Waals surface area contributed by atoms with Crippen LogP contribution >= 0.6 is 0 Å². The molecule has 2 aliphatic carbocycles. The number of ether oxygens (including phenoxy) is 2. The molecule has 0 amide bonds. The molecule has 22 heavy (non-hydrogen) atoms. The summed E-state index contributed by atoms with van der Waals surface area (Å²) in [4.78, 5) is 9.47. The molecule has 112 valence electrons. The van der Waals surface area contributed by atoms with E-state index in [1.165, 1.54) is 7.11 Å². The maximum Gasteiger partial charge on any atom is 0.206 e. The van der Waals surface area contributed by atoms with Gasteiger partial charge in [0.2, 0.25) is 5.90 Å². The van der Waals surface area contributed by atoms with Gasteiger partial charge >= 0.3 is 0 Å². The van der Waals surface area contributed by atoms with Gasteiger partial charge in [-0.3, -0.25) is 0 Å². The number of hydrogen-bond acceptors (Lipinski definition) is 6. The van der Waals surface area contributed by atoms with Gasteiger partial charge in [-0.1, -0.05) is 6.08 Å². The molecule has 0 radical (unpaired) electrons. The SMILES string of the molecule is COC1=N[C@@]2(C)C3C1[C@]1(C)N=C(OC)[C@@]3(C#N)[C@@H]2C=C1C#N. The van der Waals surface area contributed by atoms with E-state index in [-0.39, 0.29) is 17.8 Å². The van der Waals surface area contributed by atoms with E-state index >= 15 is 0 Å². The summed E-state index contributed by atoms with van der Waals surface area (Å²) in [6.07, 6.45) is 1.89. The minimum atomic E-state index is -0.851. The van der Waals surface area contributed by atoms with Crippen LogP contribution in [0.4, 0.5) is 0 Å². The first-order chi connectivity index (χ1) is 10.4. The van der Waals surface area contributed by atoms with Crippen molar-refractivity contribution in [2.75, 3.05) is 14.2 Å². The molecule has 0 aromatic rings. The van der Waals surface area contributed by atoms with Crippen molar-refractivity contribution in [1.29, 1.82) is 10.5 Å². The van der Waals surface area contributed by atoms with Crippen molar-refractivity contribution in [1.82, 2.24) is 0 Å². The van der Waals surface area contributed by atoms with Crippen LogP contribution < -0.4 is 0 Å². The van der Waals surface area contributed by atoms with Crippen LogP contribution in [-0.2, 0) is 9.47 Å². The highest BCUT2D eigenvalue weighted by molar-refractivity contribution is 5.98. The highest BCUT2D eigenvalue weighted by Crippen LogP contribution is 2.73. The molecular weight excluding hydrogens is 280 g/mol. The van der Waals surface area contributed by atoms with Crippen molar-refractivity contribution >= 4 is 11.8 Å². The number of nitriles is 2. The van der Waals surface area contributed by atoms with Crippen LogP contribution in [0.25, 0.3) is 0 Å². The lowest BCUT2D eigenvalue weighted by atomic mass is 9.41. The predicted molar refractivity (Wildman–Crippen MR) is 77.9 cm³/mol. The minimum Gasteiger partial charge on any atom is -0.484 e. The van der Waals surface area contributed by atoms with Crippen molar-refractivity contribution in [2.24, 2.45) is 33.2 Å². The fourth-order valence-corrected chi connectivity index (χ4v) is 5.19. The maximum absolute atomic E-state index is 9.96. The Kier molecular flexibility index (Phi) is 2.13. The second kappa shape index (κ2) is 3.52. The third-order valence-corrected chi connectivity index (χ3v) is 6.07. The standard InChI is InChI=1S/C16H16N4O2/c1-14-8(6-17)5-9-15(2)11(10(14)12(19-15)21-3)16(9,7-18)13(20-14)22-4/h5,9-11H,1-4H3/t9-,10?,11?,14-,15-,16+/m1/s1. The third-order valence-electron chi connectivity index (χ3n) is 6.07. The van der Waals surface area contributed by atoms with Crippen molar-refractivity contribution < 1.29 is 9.47 Å². The summed E-state index contributed by atoms with van der Waals surface area (Å²) in [7, 11) is 3.12. The first-order valence-electron chi connectivity index (χ1n) is 7.25. The van der Waals surface area contributed by atoms with E-state index in [0.29, 0.717) is 17.4 Å². The van der Waals surface area contributed by atoms with Gasteiger partial charge in [0, 0.05) is 11.8 Å². The monoisotopic (exact) mass is 296 g/mol. The molecule has 0 aromatic heterocycles. The molecule has 6 nitrogen and oxygen atoms in total. The van der Waals surface area contributed by atoms with Crippen molar-refractivity contribution in [3.8, 4) is 12.1 Å². The highest BCUT2D eigenvalue weighted by atomic mass is 16.5. The molecule has 5 aliphatic rings. The zero-order valence-electron chi connectivity index (χ0n) is 12.9. The van der Waals surface area contributed by atoms with E-state index in [9.17, 15) is 10.5 Å². The van der Waals surface area contributed by atoms with Crippen LogP contribution in [0.5, 0.6) is 0 Å². The normalized spacial score (nSPS) is 49.7. The zero-order chi connectivity index (χ0) is 15.9. The molecule has 1 saturated carbocycles. The lowest BCUT2D eigenvalue weighted by Gasteiger charge is -2.61. The molecule has 6 heteroatoms. The summed E-state index contributed by atoms with van der Waals surface area (Å²) in [5, 5.41) is 19.6. The Hall–Kier alpha value is -2.34. The summed E-state index contributed by atoms with van der Waals surface area (Å²) in [5.41, 5.74) is -1.51. The molecule has 4 bridgehead atoms. The highest BCUT2D eigenvalue weighted by Gasteiger charge is 2.83. The van der Waals surface area contributed by atoms with Crippen molar-refractivity contribution in [3.63, 3.8) is 0 Å². The Morgan fingerprint density at radius 2 is 1.91 bits per heavy atom. The fraction of sp³-hybridized carbons (Fsp3) is 0.625. The molecule has 0 aromatic carbocycles. The van der Waals surface area contributed by atoms with Crippen LogP contribution in [-0.4, -0.2) is 37.1 Å². The van der Waals surface area contributed by atoms with Crippen LogP contribution in [0.15, 0.2) is 21.6 Å². The van der Waals surface area contributed by atoms with Crippen LogP contribution in [0, 0.1) is 45.8 Å². The summed E-state index contributed by atoms with van der Waals surface area (Å²) >= 11 is 0. The Morgan fingerprint density at radius 3 is 2.45 bits per heavy atom. The van der Waals surface area contributed by atoms with Crippen LogP contribution in [0.3, 0.4) is 0 Å². The van der Waals surface area contributed by atoms with Crippen LogP contribution in [0.1, 0.15) is 13.8 Å². The fourth-order valence-electron chi connectivity index (χ4n) is 5.19. The molecule has 3 heterocycles. The number of nitrogens with zero attached hydrogens (tertiary/aromatic N) is 4. The Bertz CT molecular complexity index is 770. The average molecular weight is 296 g/mol. The Morgan fingerprint density at radius 1 is 1.18 bits per heavy atom. The molecule has 1 fully saturated rings. The minimum absolute atomic E-state index is 0.0792. The van der Waals surface area contributed by atoms with Crippen molar-refractivity contribution in [2.45, 2.75) is 24.9 Å². The molecule has 0 saturated heterocycles. The van der Waals surface area contributed by atoms with Gasteiger partial charge in [-0.05, 0) is 13.8 Å². The molecule has 6 atom stereocenters. The van der Waals surface area contributed by atoms with Crippen LogP contribution in [0.2, 0.25) is 0 Å².